The Morgan fingerprint density at radius 2 is 1.78 bits per heavy atom. The molecule has 1 aromatic carbocycles. The quantitative estimate of drug-likeness (QED) is 0.839. The summed E-state index contributed by atoms with van der Waals surface area (Å²) in [6.45, 7) is 2.44. The summed E-state index contributed by atoms with van der Waals surface area (Å²) < 4.78 is 0. The highest BCUT2D eigenvalue weighted by Crippen LogP contribution is 2.39. The molecule has 124 valence electrons. The van der Waals surface area contributed by atoms with E-state index in [1.807, 2.05) is 0 Å². The Balaban J connectivity index is 1.58. The van der Waals surface area contributed by atoms with Crippen LogP contribution >= 0.6 is 11.3 Å². The molecule has 1 aliphatic carbocycles. The van der Waals surface area contributed by atoms with E-state index < -0.39 is 0 Å². The first-order valence-corrected chi connectivity index (χ1v) is 9.35. The fraction of sp³-hybridized carbons (Fsp3) is 0.526. The number of rotatable bonds is 5. The summed E-state index contributed by atoms with van der Waals surface area (Å²) in [6, 6.07) is 8.60. The Hall–Kier alpha value is -1.55. The Morgan fingerprint density at radius 3 is 2.39 bits per heavy atom. The highest BCUT2D eigenvalue weighted by molar-refractivity contribution is 7.09. The summed E-state index contributed by atoms with van der Waals surface area (Å²) in [5, 5.41) is 9.66. The van der Waals surface area contributed by atoms with Crippen molar-refractivity contribution < 1.29 is 5.11 Å². The van der Waals surface area contributed by atoms with Crippen molar-refractivity contribution in [1.29, 1.82) is 0 Å². The number of benzene rings is 1. The first kappa shape index (κ1) is 16.3. The van der Waals surface area contributed by atoms with Gasteiger partial charge in [0.2, 0.25) is 5.88 Å². The van der Waals surface area contributed by atoms with E-state index in [9.17, 15) is 9.90 Å². The molecule has 3 rings (SSSR count). The van der Waals surface area contributed by atoms with Gasteiger partial charge in [-0.1, -0.05) is 61.8 Å². The zero-order chi connectivity index (χ0) is 16.3. The molecule has 0 saturated heterocycles. The second-order valence-corrected chi connectivity index (χ2v) is 8.22. The van der Waals surface area contributed by atoms with Crippen LogP contribution < -0.4 is 4.87 Å². The molecule has 0 spiro atoms. The van der Waals surface area contributed by atoms with E-state index in [0.717, 1.165) is 23.3 Å². The van der Waals surface area contributed by atoms with Crippen LogP contribution in [0.3, 0.4) is 0 Å². The molecular formula is C19H25NO2S. The third-order valence-electron chi connectivity index (χ3n) is 5.17. The number of nitrogens with one attached hydrogen (secondary N) is 1. The number of thiazole rings is 1. The molecule has 1 saturated carbocycles. The highest BCUT2D eigenvalue weighted by Gasteiger charge is 2.26. The molecule has 0 amide bonds. The second kappa shape index (κ2) is 6.91. The zero-order valence-corrected chi connectivity index (χ0v) is 14.5. The Labute approximate surface area is 141 Å². The fourth-order valence-corrected chi connectivity index (χ4v) is 4.34. The molecule has 2 N–H and O–H groups in total. The number of aromatic hydroxyl groups is 1. The first-order valence-electron chi connectivity index (χ1n) is 8.53. The predicted octanol–water partition coefficient (Wildman–Crippen LogP) is 4.64. The molecule has 1 heterocycles. The molecule has 1 aromatic heterocycles. The van der Waals surface area contributed by atoms with Crippen LogP contribution in [0, 0.1) is 5.41 Å². The van der Waals surface area contributed by atoms with Crippen LogP contribution in [0.5, 0.6) is 5.88 Å². The van der Waals surface area contributed by atoms with E-state index in [1.54, 1.807) is 0 Å². The van der Waals surface area contributed by atoms with Crippen molar-refractivity contribution >= 4 is 11.3 Å². The Morgan fingerprint density at radius 1 is 1.13 bits per heavy atom. The third-order valence-corrected chi connectivity index (χ3v) is 6.04. The van der Waals surface area contributed by atoms with Gasteiger partial charge in [-0.05, 0) is 42.2 Å². The van der Waals surface area contributed by atoms with Gasteiger partial charge in [-0.15, -0.1) is 0 Å². The van der Waals surface area contributed by atoms with Crippen molar-refractivity contribution in [1.82, 2.24) is 4.98 Å². The van der Waals surface area contributed by atoms with Gasteiger partial charge < -0.3 is 5.11 Å². The summed E-state index contributed by atoms with van der Waals surface area (Å²) in [6.07, 6.45) is 9.94. The maximum absolute atomic E-state index is 11.2. The van der Waals surface area contributed by atoms with Crippen molar-refractivity contribution in [3.8, 4) is 5.88 Å². The number of hydrogen-bond donors (Lipinski definition) is 2. The van der Waals surface area contributed by atoms with Crippen molar-refractivity contribution in [2.24, 2.45) is 5.41 Å². The minimum absolute atomic E-state index is 0.00861. The third kappa shape index (κ3) is 4.25. The van der Waals surface area contributed by atoms with Gasteiger partial charge in [-0.3, -0.25) is 9.78 Å². The van der Waals surface area contributed by atoms with Crippen LogP contribution in [0.25, 0.3) is 0 Å². The average Bonchev–Trinajstić information content (AvgIpc) is 2.85. The van der Waals surface area contributed by atoms with Gasteiger partial charge in [-0.25, -0.2) is 0 Å². The van der Waals surface area contributed by atoms with Crippen molar-refractivity contribution in [2.45, 2.75) is 58.3 Å². The number of aryl methyl sites for hydroxylation is 1. The summed E-state index contributed by atoms with van der Waals surface area (Å²) >= 11 is 1.08. The van der Waals surface area contributed by atoms with E-state index in [-0.39, 0.29) is 10.8 Å². The van der Waals surface area contributed by atoms with Gasteiger partial charge in [0.25, 0.3) is 0 Å². The average molecular weight is 331 g/mol. The minimum Gasteiger partial charge on any atom is -0.494 e. The van der Waals surface area contributed by atoms with Crippen LogP contribution in [0.4, 0.5) is 0 Å². The lowest BCUT2D eigenvalue weighted by Gasteiger charge is -2.33. The van der Waals surface area contributed by atoms with Crippen molar-refractivity contribution in [2.75, 3.05) is 0 Å². The Bertz CT molecular complexity index is 693. The fourth-order valence-electron chi connectivity index (χ4n) is 3.58. The van der Waals surface area contributed by atoms with Crippen LogP contribution in [-0.4, -0.2) is 10.1 Å². The molecular weight excluding hydrogens is 306 g/mol. The monoisotopic (exact) mass is 331 g/mol. The van der Waals surface area contributed by atoms with Gasteiger partial charge in [0, 0.05) is 6.42 Å². The van der Waals surface area contributed by atoms with Gasteiger partial charge >= 0.3 is 4.87 Å². The molecule has 0 atom stereocenters. The molecule has 1 fully saturated rings. The van der Waals surface area contributed by atoms with Gasteiger partial charge in [0.15, 0.2) is 0 Å². The summed E-state index contributed by atoms with van der Waals surface area (Å²) in [5.74, 6) is 0.00861. The van der Waals surface area contributed by atoms with Crippen LogP contribution in [0.15, 0.2) is 29.1 Å². The molecule has 4 heteroatoms. The van der Waals surface area contributed by atoms with E-state index in [1.165, 1.54) is 44.1 Å². The molecule has 3 nitrogen and oxygen atoms in total. The molecule has 0 radical (unpaired) electrons. The van der Waals surface area contributed by atoms with E-state index in [2.05, 4.69) is 36.2 Å². The van der Waals surface area contributed by atoms with Crippen molar-refractivity contribution in [3.05, 3.63) is 49.9 Å². The Kier molecular flexibility index (Phi) is 4.90. The first-order chi connectivity index (χ1) is 11.0. The molecule has 1 aliphatic rings. The largest absolute Gasteiger partial charge is 0.494 e. The summed E-state index contributed by atoms with van der Waals surface area (Å²) in [7, 11) is 0. The standard InChI is InChI=1S/C19H25NO2S/c1-19(10-3-2-4-11-19)12-9-14-5-7-15(8-6-14)13-16-17(21)20-18(22)23-16/h5-8,21H,2-4,9-13H2,1H3,(H,20,22). The SMILES string of the molecule is CC1(CCc2ccc(Cc3sc(=O)[nH]c3O)cc2)CCCCC1. The van der Waals surface area contributed by atoms with Gasteiger partial charge in [0.1, 0.15) is 0 Å². The lowest BCUT2D eigenvalue weighted by atomic mass is 9.72. The summed E-state index contributed by atoms with van der Waals surface area (Å²) in [5.41, 5.74) is 3.04. The second-order valence-electron chi connectivity index (χ2n) is 7.15. The highest BCUT2D eigenvalue weighted by atomic mass is 32.1. The van der Waals surface area contributed by atoms with E-state index in [0.29, 0.717) is 16.7 Å². The number of aromatic amines is 1. The maximum Gasteiger partial charge on any atom is 0.307 e. The lowest BCUT2D eigenvalue weighted by molar-refractivity contribution is 0.199. The van der Waals surface area contributed by atoms with Crippen LogP contribution in [0.1, 0.15) is 61.5 Å². The predicted molar refractivity (Wildman–Crippen MR) is 95.4 cm³/mol. The van der Waals surface area contributed by atoms with E-state index >= 15 is 0 Å². The topological polar surface area (TPSA) is 53.1 Å². The van der Waals surface area contributed by atoms with Crippen molar-refractivity contribution in [3.63, 3.8) is 0 Å². The minimum atomic E-state index is -0.199. The van der Waals surface area contributed by atoms with Gasteiger partial charge in [0.05, 0.1) is 4.88 Å². The molecule has 0 unspecified atom stereocenters. The molecule has 23 heavy (non-hydrogen) atoms. The van der Waals surface area contributed by atoms with Crippen LogP contribution in [0.2, 0.25) is 0 Å². The van der Waals surface area contributed by atoms with Gasteiger partial charge in [-0.2, -0.15) is 0 Å². The lowest BCUT2D eigenvalue weighted by Crippen LogP contribution is -2.20. The molecule has 0 aliphatic heterocycles. The van der Waals surface area contributed by atoms with E-state index in [4.69, 9.17) is 0 Å². The number of hydrogen-bond acceptors (Lipinski definition) is 3. The maximum atomic E-state index is 11.2. The number of H-pyrrole nitrogens is 1. The normalized spacial score (nSPS) is 17.3. The zero-order valence-electron chi connectivity index (χ0n) is 13.7. The molecule has 2 aromatic rings. The number of aromatic nitrogens is 1. The van der Waals surface area contributed by atoms with Crippen LogP contribution in [-0.2, 0) is 12.8 Å². The smallest absolute Gasteiger partial charge is 0.307 e. The molecule has 0 bridgehead atoms. The summed E-state index contributed by atoms with van der Waals surface area (Å²) in [4.78, 5) is 14.1.